The molecule has 156 valence electrons. The highest BCUT2D eigenvalue weighted by Crippen LogP contribution is 2.55. The molecule has 0 aromatic carbocycles. The van der Waals surface area contributed by atoms with Crippen LogP contribution >= 0.6 is 0 Å². The first kappa shape index (κ1) is 18.8. The Hall–Kier alpha value is -2.19. The molecule has 4 bridgehead atoms. The molecule has 0 radical (unpaired) electrons. The molecule has 8 heteroatoms. The van der Waals surface area contributed by atoms with E-state index in [4.69, 9.17) is 4.74 Å². The Balaban J connectivity index is 1.37. The Morgan fingerprint density at radius 2 is 2.10 bits per heavy atom. The van der Waals surface area contributed by atoms with Gasteiger partial charge in [-0.3, -0.25) is 4.79 Å². The highest BCUT2D eigenvalue weighted by atomic mass is 16.5. The average molecular weight is 399 g/mol. The number of methoxy groups -OCH3 is 1. The average Bonchev–Trinajstić information content (AvgIpc) is 3.32. The molecule has 29 heavy (non-hydrogen) atoms. The van der Waals surface area contributed by atoms with Gasteiger partial charge < -0.3 is 15.2 Å². The highest BCUT2D eigenvalue weighted by molar-refractivity contribution is 5.97. The van der Waals surface area contributed by atoms with Crippen molar-refractivity contribution >= 4 is 5.91 Å². The second kappa shape index (κ2) is 7.25. The number of aromatic nitrogens is 4. The monoisotopic (exact) mass is 399 g/mol. The van der Waals surface area contributed by atoms with Crippen LogP contribution in [0.25, 0.3) is 5.82 Å². The third kappa shape index (κ3) is 3.38. The van der Waals surface area contributed by atoms with E-state index in [0.717, 1.165) is 38.5 Å². The van der Waals surface area contributed by atoms with E-state index in [0.29, 0.717) is 42.3 Å². The predicted octanol–water partition coefficient (Wildman–Crippen LogP) is 1.77. The normalized spacial score (nSPS) is 32.6. The van der Waals surface area contributed by atoms with Crippen LogP contribution in [0.1, 0.15) is 48.9 Å². The van der Waals surface area contributed by atoms with Crippen molar-refractivity contribution in [3.05, 3.63) is 30.2 Å². The summed E-state index contributed by atoms with van der Waals surface area (Å²) in [6.07, 6.45) is 10.8. The number of hydrogen-bond donors (Lipinski definition) is 2. The Bertz CT molecular complexity index is 861. The molecule has 6 rings (SSSR count). The lowest BCUT2D eigenvalue weighted by atomic mass is 9.52. The van der Waals surface area contributed by atoms with E-state index in [1.807, 2.05) is 16.9 Å². The van der Waals surface area contributed by atoms with Crippen LogP contribution in [0.15, 0.2) is 24.7 Å². The summed E-state index contributed by atoms with van der Waals surface area (Å²) in [5.41, 5.74) is 0.0446. The summed E-state index contributed by atoms with van der Waals surface area (Å²) >= 11 is 0. The van der Waals surface area contributed by atoms with E-state index in [-0.39, 0.29) is 11.9 Å². The number of rotatable bonds is 7. The zero-order valence-corrected chi connectivity index (χ0v) is 16.8. The van der Waals surface area contributed by atoms with Crippen LogP contribution < -0.4 is 5.32 Å². The van der Waals surface area contributed by atoms with E-state index in [2.05, 4.69) is 15.5 Å². The molecule has 2 aromatic heterocycles. The van der Waals surface area contributed by atoms with Crippen molar-refractivity contribution < 1.29 is 14.6 Å². The van der Waals surface area contributed by atoms with Crippen LogP contribution in [0.2, 0.25) is 0 Å². The van der Waals surface area contributed by atoms with Crippen LogP contribution in [0, 0.1) is 17.8 Å². The van der Waals surface area contributed by atoms with Gasteiger partial charge in [0.2, 0.25) is 0 Å². The van der Waals surface area contributed by atoms with Crippen molar-refractivity contribution in [2.75, 3.05) is 13.7 Å². The van der Waals surface area contributed by atoms with Gasteiger partial charge in [-0.25, -0.2) is 9.36 Å². The summed E-state index contributed by atoms with van der Waals surface area (Å²) in [7, 11) is 1.68. The predicted molar refractivity (Wildman–Crippen MR) is 106 cm³/mol. The molecule has 0 spiro atoms. The third-order valence-electron chi connectivity index (χ3n) is 7.03. The Labute approximate surface area is 170 Å². The molecule has 4 saturated carbocycles. The zero-order chi connectivity index (χ0) is 20.0. The van der Waals surface area contributed by atoms with E-state index in [9.17, 15) is 9.90 Å². The van der Waals surface area contributed by atoms with Gasteiger partial charge >= 0.3 is 0 Å². The fourth-order valence-corrected chi connectivity index (χ4v) is 6.14. The number of carbonyl (C=O) groups excluding carboxylic acids is 1. The van der Waals surface area contributed by atoms with Gasteiger partial charge in [0.1, 0.15) is 5.56 Å². The molecule has 2 atom stereocenters. The molecule has 4 fully saturated rings. The smallest absolute Gasteiger partial charge is 0.256 e. The number of carbonyl (C=O) groups is 1. The third-order valence-corrected chi connectivity index (χ3v) is 7.03. The number of hydrogen-bond acceptors (Lipinski definition) is 5. The Morgan fingerprint density at radius 3 is 2.76 bits per heavy atom. The number of nitrogens with one attached hydrogen (secondary N) is 1. The number of nitrogens with zero attached hydrogens (tertiary/aromatic N) is 4. The first-order chi connectivity index (χ1) is 14.1. The number of aryl methyl sites for hydroxylation is 1. The SMILES string of the molecule is COCCCn1ncc(C(=O)N[C@H]2C3CC4CC2C[C@](O)(C4)C3)c1-n1cccn1. The number of ether oxygens (including phenoxy) is 1. The molecule has 2 N–H and O–H groups in total. The Morgan fingerprint density at radius 1 is 1.31 bits per heavy atom. The largest absolute Gasteiger partial charge is 0.390 e. The van der Waals surface area contributed by atoms with Gasteiger partial charge in [0.05, 0.1) is 11.8 Å². The van der Waals surface area contributed by atoms with Crippen molar-refractivity contribution in [3.8, 4) is 5.82 Å². The molecule has 4 aliphatic carbocycles. The van der Waals surface area contributed by atoms with E-state index in [1.165, 1.54) is 0 Å². The van der Waals surface area contributed by atoms with E-state index in [1.54, 1.807) is 24.2 Å². The van der Waals surface area contributed by atoms with Crippen molar-refractivity contribution in [1.29, 1.82) is 0 Å². The van der Waals surface area contributed by atoms with Crippen molar-refractivity contribution in [1.82, 2.24) is 24.9 Å². The maximum absolute atomic E-state index is 13.3. The summed E-state index contributed by atoms with van der Waals surface area (Å²) < 4.78 is 8.67. The maximum atomic E-state index is 13.3. The van der Waals surface area contributed by atoms with E-state index < -0.39 is 5.60 Å². The van der Waals surface area contributed by atoms with Crippen LogP contribution in [0.5, 0.6) is 0 Å². The van der Waals surface area contributed by atoms with Gasteiger partial charge in [0.15, 0.2) is 5.82 Å². The standard InChI is InChI=1S/C21H29N5O3/c1-29-7-3-6-26-20(25-5-2-4-22-25)17(13-23-26)19(27)24-18-15-8-14-9-16(18)12-21(28,10-14)11-15/h2,4-5,13-16,18,28H,3,6-12H2,1H3,(H,24,27)/t14?,15?,16?,18-,21-. The van der Waals surface area contributed by atoms with Gasteiger partial charge in [0, 0.05) is 38.7 Å². The molecular weight excluding hydrogens is 370 g/mol. The van der Waals surface area contributed by atoms with Gasteiger partial charge in [-0.1, -0.05) is 0 Å². The lowest BCUT2D eigenvalue weighted by Crippen LogP contribution is -2.61. The summed E-state index contributed by atoms with van der Waals surface area (Å²) in [5, 5.41) is 22.9. The second-order valence-electron chi connectivity index (χ2n) is 9.10. The molecule has 0 saturated heterocycles. The number of amides is 1. The van der Waals surface area contributed by atoms with Gasteiger partial charge in [-0.05, 0) is 62.3 Å². The minimum atomic E-state index is -0.496. The topological polar surface area (TPSA) is 94.2 Å². The molecule has 2 aromatic rings. The van der Waals surface area contributed by atoms with E-state index >= 15 is 0 Å². The highest BCUT2D eigenvalue weighted by Gasteiger charge is 2.55. The lowest BCUT2D eigenvalue weighted by Gasteiger charge is -2.58. The number of aliphatic hydroxyl groups is 1. The summed E-state index contributed by atoms with van der Waals surface area (Å²) in [6.45, 7) is 1.29. The molecule has 2 heterocycles. The molecule has 1 amide bonds. The van der Waals surface area contributed by atoms with Crippen molar-refractivity contribution in [2.45, 2.75) is 56.7 Å². The summed E-state index contributed by atoms with van der Waals surface area (Å²) in [5.74, 6) is 1.96. The van der Waals surface area contributed by atoms with Crippen molar-refractivity contribution in [2.24, 2.45) is 17.8 Å². The second-order valence-corrected chi connectivity index (χ2v) is 9.10. The van der Waals surface area contributed by atoms with Crippen LogP contribution in [0.3, 0.4) is 0 Å². The van der Waals surface area contributed by atoms with Gasteiger partial charge in [-0.2, -0.15) is 10.2 Å². The quantitative estimate of drug-likeness (QED) is 0.692. The fourth-order valence-electron chi connectivity index (χ4n) is 6.14. The first-order valence-corrected chi connectivity index (χ1v) is 10.6. The molecule has 2 unspecified atom stereocenters. The fraction of sp³-hybridized carbons (Fsp3) is 0.667. The summed E-state index contributed by atoms with van der Waals surface area (Å²) in [6, 6.07) is 1.98. The van der Waals surface area contributed by atoms with Crippen LogP contribution in [-0.4, -0.2) is 55.9 Å². The zero-order valence-electron chi connectivity index (χ0n) is 16.8. The molecule has 0 aliphatic heterocycles. The van der Waals surface area contributed by atoms with Gasteiger partial charge in [0.25, 0.3) is 5.91 Å². The molecular formula is C21H29N5O3. The minimum Gasteiger partial charge on any atom is -0.390 e. The minimum absolute atomic E-state index is 0.0991. The van der Waals surface area contributed by atoms with Crippen LogP contribution in [-0.2, 0) is 11.3 Å². The molecule has 8 nitrogen and oxygen atoms in total. The van der Waals surface area contributed by atoms with Gasteiger partial charge in [-0.15, -0.1) is 0 Å². The lowest BCUT2D eigenvalue weighted by molar-refractivity contribution is -0.136. The van der Waals surface area contributed by atoms with Crippen LogP contribution in [0.4, 0.5) is 0 Å². The maximum Gasteiger partial charge on any atom is 0.256 e. The van der Waals surface area contributed by atoms with Crippen molar-refractivity contribution in [3.63, 3.8) is 0 Å². The Kier molecular flexibility index (Phi) is 4.70. The summed E-state index contributed by atoms with van der Waals surface area (Å²) in [4.78, 5) is 13.3. The molecule has 4 aliphatic rings. The first-order valence-electron chi connectivity index (χ1n) is 10.6.